The summed E-state index contributed by atoms with van der Waals surface area (Å²) >= 11 is 0. The van der Waals surface area contributed by atoms with E-state index in [0.717, 1.165) is 38.8 Å². The second-order valence-electron chi connectivity index (χ2n) is 8.66. The summed E-state index contributed by atoms with van der Waals surface area (Å²) in [4.78, 5) is 23.8. The fraction of sp³-hybridized carbons (Fsp3) is 0.0714. The third-order valence-corrected chi connectivity index (χ3v) is 6.06. The molecule has 4 heterocycles. The average molecular weight is 459 g/mol. The van der Waals surface area contributed by atoms with Crippen molar-refractivity contribution in [3.8, 4) is 33.6 Å². The van der Waals surface area contributed by atoms with E-state index in [1.165, 1.54) is 23.6 Å². The topological polar surface area (TPSA) is 99.3 Å². The lowest BCUT2D eigenvalue weighted by molar-refractivity contribution is -0.114. The van der Waals surface area contributed by atoms with Gasteiger partial charge in [0.1, 0.15) is 0 Å². The third-order valence-electron chi connectivity index (χ3n) is 6.06. The van der Waals surface area contributed by atoms with Crippen LogP contribution >= 0.6 is 0 Å². The molecule has 170 valence electrons. The first-order chi connectivity index (χ1) is 17.0. The van der Waals surface area contributed by atoms with E-state index < -0.39 is 0 Å². The molecule has 3 N–H and O–H groups in total. The SMILES string of the molecule is CC(=O)Nc1cncc(-c2cnc3n[nH]c(-c4cc5c(-c6cccc(C)c6)cccc5[nH]4)c3c2)c1. The maximum absolute atomic E-state index is 11.4. The van der Waals surface area contributed by atoms with Crippen LogP contribution in [-0.4, -0.2) is 31.1 Å². The van der Waals surface area contributed by atoms with Gasteiger partial charge in [-0.05, 0) is 42.3 Å². The highest BCUT2D eigenvalue weighted by Gasteiger charge is 2.15. The Morgan fingerprint density at radius 2 is 1.74 bits per heavy atom. The number of carbonyl (C=O) groups is 1. The zero-order valence-corrected chi connectivity index (χ0v) is 19.3. The molecule has 1 amide bonds. The van der Waals surface area contributed by atoms with Crippen LogP contribution in [0, 0.1) is 6.92 Å². The quantitative estimate of drug-likeness (QED) is 0.297. The number of nitrogens with zero attached hydrogens (tertiary/aromatic N) is 3. The van der Waals surface area contributed by atoms with Gasteiger partial charge in [0, 0.05) is 46.7 Å². The number of rotatable bonds is 4. The fourth-order valence-corrected chi connectivity index (χ4v) is 4.49. The number of hydrogen-bond donors (Lipinski definition) is 3. The number of pyridine rings is 2. The van der Waals surface area contributed by atoms with Crippen molar-refractivity contribution in [2.75, 3.05) is 5.32 Å². The highest BCUT2D eigenvalue weighted by atomic mass is 16.1. The first-order valence-electron chi connectivity index (χ1n) is 11.3. The van der Waals surface area contributed by atoms with Crippen LogP contribution in [0.15, 0.2) is 79.3 Å². The molecule has 2 aromatic carbocycles. The number of amides is 1. The Hall–Kier alpha value is -4.78. The van der Waals surface area contributed by atoms with Crippen LogP contribution in [0.3, 0.4) is 0 Å². The first-order valence-corrected chi connectivity index (χ1v) is 11.3. The van der Waals surface area contributed by atoms with Crippen LogP contribution in [0.2, 0.25) is 0 Å². The molecule has 6 aromatic rings. The highest BCUT2D eigenvalue weighted by molar-refractivity contribution is 6.01. The number of carbonyl (C=O) groups excluding carboxylic acids is 1. The summed E-state index contributed by atoms with van der Waals surface area (Å²) in [6, 6.07) is 20.9. The van der Waals surface area contributed by atoms with Crippen molar-refractivity contribution in [3.05, 3.63) is 84.8 Å². The Morgan fingerprint density at radius 1 is 0.886 bits per heavy atom. The molecule has 0 fully saturated rings. The molecule has 0 saturated carbocycles. The van der Waals surface area contributed by atoms with Gasteiger partial charge in [-0.2, -0.15) is 5.10 Å². The summed E-state index contributed by atoms with van der Waals surface area (Å²) in [5, 5.41) is 12.4. The van der Waals surface area contributed by atoms with E-state index in [9.17, 15) is 4.79 Å². The molecule has 0 aliphatic heterocycles. The Bertz CT molecular complexity index is 1730. The summed E-state index contributed by atoms with van der Waals surface area (Å²) in [6.07, 6.45) is 5.14. The van der Waals surface area contributed by atoms with Gasteiger partial charge in [-0.15, -0.1) is 0 Å². The largest absolute Gasteiger partial charge is 0.353 e. The molecule has 0 atom stereocenters. The number of hydrogen-bond acceptors (Lipinski definition) is 4. The summed E-state index contributed by atoms with van der Waals surface area (Å²) in [7, 11) is 0. The van der Waals surface area contributed by atoms with E-state index in [1.54, 1.807) is 18.6 Å². The molecular formula is C28H22N6O. The molecule has 0 bridgehead atoms. The number of aryl methyl sites for hydroxylation is 1. The lowest BCUT2D eigenvalue weighted by atomic mass is 10.00. The Balaban J connectivity index is 1.45. The molecule has 35 heavy (non-hydrogen) atoms. The standard InChI is InChI=1S/C28H22N6O/c1-16-5-3-6-18(9-16)22-7-4-8-25-23(22)12-26(32-25)27-24-11-20(14-30-28(24)34-33-27)19-10-21(15-29-13-19)31-17(2)35/h3-15,32H,1-2H3,(H,31,35)(H,30,33,34). The minimum Gasteiger partial charge on any atom is -0.353 e. The van der Waals surface area contributed by atoms with E-state index in [1.807, 2.05) is 12.1 Å². The van der Waals surface area contributed by atoms with Crippen LogP contribution in [-0.2, 0) is 4.79 Å². The second-order valence-corrected chi connectivity index (χ2v) is 8.66. The van der Waals surface area contributed by atoms with Gasteiger partial charge in [-0.25, -0.2) is 4.98 Å². The van der Waals surface area contributed by atoms with Crippen LogP contribution in [0.5, 0.6) is 0 Å². The van der Waals surface area contributed by atoms with E-state index in [2.05, 4.69) is 85.9 Å². The predicted octanol–water partition coefficient (Wildman–Crippen LogP) is 6.10. The van der Waals surface area contributed by atoms with Gasteiger partial charge >= 0.3 is 0 Å². The van der Waals surface area contributed by atoms with Crippen molar-refractivity contribution in [3.63, 3.8) is 0 Å². The molecule has 6 rings (SSSR count). The number of benzene rings is 2. The van der Waals surface area contributed by atoms with Crippen LogP contribution in [0.25, 0.3) is 55.6 Å². The normalized spacial score (nSPS) is 11.3. The van der Waals surface area contributed by atoms with E-state index in [-0.39, 0.29) is 5.91 Å². The Labute approximate surface area is 201 Å². The minimum atomic E-state index is -0.140. The molecule has 0 aliphatic carbocycles. The van der Waals surface area contributed by atoms with Crippen molar-refractivity contribution in [1.29, 1.82) is 0 Å². The van der Waals surface area contributed by atoms with Gasteiger partial charge in [0.15, 0.2) is 5.65 Å². The number of aromatic amines is 2. The number of H-pyrrole nitrogens is 2. The maximum atomic E-state index is 11.4. The Morgan fingerprint density at radius 3 is 2.60 bits per heavy atom. The van der Waals surface area contributed by atoms with Crippen molar-refractivity contribution in [2.24, 2.45) is 0 Å². The van der Waals surface area contributed by atoms with Crippen LogP contribution in [0.4, 0.5) is 5.69 Å². The van der Waals surface area contributed by atoms with Gasteiger partial charge in [0.2, 0.25) is 5.91 Å². The third kappa shape index (κ3) is 3.83. The number of fused-ring (bicyclic) bond motifs is 2. The summed E-state index contributed by atoms with van der Waals surface area (Å²) < 4.78 is 0. The summed E-state index contributed by atoms with van der Waals surface area (Å²) in [5.41, 5.74) is 9.46. The van der Waals surface area contributed by atoms with Crippen molar-refractivity contribution in [2.45, 2.75) is 13.8 Å². The molecule has 0 saturated heterocycles. The number of nitrogens with one attached hydrogen (secondary N) is 3. The van der Waals surface area contributed by atoms with E-state index >= 15 is 0 Å². The lowest BCUT2D eigenvalue weighted by Crippen LogP contribution is -2.05. The van der Waals surface area contributed by atoms with Crippen LogP contribution in [0.1, 0.15) is 12.5 Å². The molecule has 0 radical (unpaired) electrons. The lowest BCUT2D eigenvalue weighted by Gasteiger charge is -2.05. The smallest absolute Gasteiger partial charge is 0.221 e. The summed E-state index contributed by atoms with van der Waals surface area (Å²) in [6.45, 7) is 3.58. The van der Waals surface area contributed by atoms with Crippen molar-refractivity contribution >= 4 is 33.5 Å². The molecule has 0 aliphatic rings. The van der Waals surface area contributed by atoms with Gasteiger partial charge in [0.05, 0.1) is 23.3 Å². The molecule has 7 nitrogen and oxygen atoms in total. The van der Waals surface area contributed by atoms with Crippen molar-refractivity contribution < 1.29 is 4.79 Å². The monoisotopic (exact) mass is 458 g/mol. The van der Waals surface area contributed by atoms with Crippen molar-refractivity contribution in [1.82, 2.24) is 25.1 Å². The fourth-order valence-electron chi connectivity index (χ4n) is 4.49. The van der Waals surface area contributed by atoms with Crippen LogP contribution < -0.4 is 5.32 Å². The van der Waals surface area contributed by atoms with E-state index in [4.69, 9.17) is 0 Å². The molecule has 4 aromatic heterocycles. The summed E-state index contributed by atoms with van der Waals surface area (Å²) in [5.74, 6) is -0.140. The zero-order valence-electron chi connectivity index (χ0n) is 19.3. The number of aromatic nitrogens is 5. The van der Waals surface area contributed by atoms with Gasteiger partial charge in [0.25, 0.3) is 0 Å². The maximum Gasteiger partial charge on any atom is 0.221 e. The number of anilines is 1. The molecule has 0 unspecified atom stereocenters. The second kappa shape index (κ2) is 8.22. The average Bonchev–Trinajstić information content (AvgIpc) is 3.47. The molecular weight excluding hydrogens is 436 g/mol. The predicted molar refractivity (Wildman–Crippen MR) is 139 cm³/mol. The van der Waals surface area contributed by atoms with Gasteiger partial charge in [-0.1, -0.05) is 42.0 Å². The molecule has 0 spiro atoms. The Kier molecular flexibility index (Phi) is 4.88. The van der Waals surface area contributed by atoms with Gasteiger partial charge < -0.3 is 10.3 Å². The van der Waals surface area contributed by atoms with E-state index in [0.29, 0.717) is 11.3 Å². The van der Waals surface area contributed by atoms with Gasteiger partial charge in [-0.3, -0.25) is 14.9 Å². The minimum absolute atomic E-state index is 0.140. The molecule has 7 heteroatoms. The highest BCUT2D eigenvalue weighted by Crippen LogP contribution is 2.35. The zero-order chi connectivity index (χ0) is 23.9. The first kappa shape index (κ1) is 20.8.